The normalized spacial score (nSPS) is 18.0. The van der Waals surface area contributed by atoms with Crippen LogP contribution in [0.5, 0.6) is 0 Å². The van der Waals surface area contributed by atoms with Crippen LogP contribution in [-0.4, -0.2) is 23.7 Å². The molecular weight excluding hydrogens is 132 g/mol. The van der Waals surface area contributed by atoms with Gasteiger partial charge in [0.2, 0.25) is 0 Å². The highest BCUT2D eigenvalue weighted by Crippen LogP contribution is 2.06. The van der Waals surface area contributed by atoms with Crippen LogP contribution in [-0.2, 0) is 4.84 Å². The number of hydrogen-bond donors (Lipinski definition) is 2. The monoisotopic (exact) mass is 141 g/mol. The lowest BCUT2D eigenvalue weighted by Gasteiger charge is -2.07. The number of hydrogen-bond acceptors (Lipinski definition) is 3. The van der Waals surface area contributed by atoms with E-state index in [0.717, 1.165) is 0 Å². The number of aliphatic hydroxyl groups is 1. The Morgan fingerprint density at radius 2 is 2.38 bits per heavy atom. The molecule has 0 amide bonds. The molecule has 0 fully saturated rings. The molecule has 0 aromatic heterocycles. The second-order valence-electron chi connectivity index (χ2n) is 1.35. The highest BCUT2D eigenvalue weighted by Gasteiger charge is 2.11. The van der Waals surface area contributed by atoms with Crippen LogP contribution in [0.1, 0.15) is 0 Å². The molecule has 0 aromatic carbocycles. The van der Waals surface area contributed by atoms with Gasteiger partial charge in [0.05, 0.1) is 6.61 Å². The van der Waals surface area contributed by atoms with E-state index in [1.54, 1.807) is 9.24 Å². The fourth-order valence-electron chi connectivity index (χ4n) is 0.191. The molecule has 3 N–H and O–H groups in total. The summed E-state index contributed by atoms with van der Waals surface area (Å²) in [6.45, 7) is -0.176. The Balaban J connectivity index is 3.17. The summed E-state index contributed by atoms with van der Waals surface area (Å²) in [7, 11) is 1.79. The fraction of sp³-hybridized carbons (Fsp3) is 1.00. The van der Waals surface area contributed by atoms with Gasteiger partial charge in [0.25, 0.3) is 0 Å². The first kappa shape index (κ1) is 8.24. The topological polar surface area (TPSA) is 55.5 Å². The summed E-state index contributed by atoms with van der Waals surface area (Å²) in [5.41, 5.74) is 0. The van der Waals surface area contributed by atoms with Crippen LogP contribution in [0, 0.1) is 0 Å². The zero-order chi connectivity index (χ0) is 6.57. The van der Waals surface area contributed by atoms with Crippen LogP contribution >= 0.6 is 9.24 Å². The summed E-state index contributed by atoms with van der Waals surface area (Å²) in [6, 6.07) is 0. The summed E-state index contributed by atoms with van der Waals surface area (Å²) in [4.78, 5) is 3.96. The van der Waals surface area contributed by atoms with E-state index in [0.29, 0.717) is 0 Å². The maximum atomic E-state index is 11.9. The van der Waals surface area contributed by atoms with Gasteiger partial charge in [0.15, 0.2) is 0 Å². The lowest BCUT2D eigenvalue weighted by molar-refractivity contribution is 0.0152. The van der Waals surface area contributed by atoms with Gasteiger partial charge in [0, 0.05) is 0 Å². The number of rotatable bonds is 3. The first-order valence-electron chi connectivity index (χ1n) is 2.08. The lowest BCUT2D eigenvalue weighted by Crippen LogP contribution is -2.24. The van der Waals surface area contributed by atoms with E-state index in [1.807, 2.05) is 0 Å². The molecule has 0 rings (SSSR count). The largest absolute Gasteiger partial charge is 0.387 e. The van der Waals surface area contributed by atoms with E-state index >= 15 is 0 Å². The van der Waals surface area contributed by atoms with Gasteiger partial charge in [-0.15, -0.1) is 0 Å². The van der Waals surface area contributed by atoms with Crippen molar-refractivity contribution in [1.29, 1.82) is 0 Å². The van der Waals surface area contributed by atoms with Crippen molar-refractivity contribution in [2.45, 2.75) is 12.0 Å². The summed E-state index contributed by atoms with van der Waals surface area (Å²) >= 11 is 0. The predicted molar refractivity (Wildman–Crippen MR) is 30.8 cm³/mol. The quantitative estimate of drug-likeness (QED) is 0.408. The van der Waals surface area contributed by atoms with Crippen molar-refractivity contribution in [3.63, 3.8) is 0 Å². The molecule has 0 spiro atoms. The van der Waals surface area contributed by atoms with Crippen LogP contribution in [0.2, 0.25) is 0 Å². The molecule has 0 saturated heterocycles. The Morgan fingerprint density at radius 1 is 1.88 bits per heavy atom. The van der Waals surface area contributed by atoms with Crippen LogP contribution in [0.3, 0.4) is 0 Å². The molecule has 8 heavy (non-hydrogen) atoms. The second-order valence-corrected chi connectivity index (χ2v) is 1.98. The van der Waals surface area contributed by atoms with Gasteiger partial charge in [-0.2, -0.15) is 0 Å². The van der Waals surface area contributed by atoms with Gasteiger partial charge in [0.1, 0.15) is 12.0 Å². The van der Waals surface area contributed by atoms with Crippen molar-refractivity contribution in [3.8, 4) is 0 Å². The second kappa shape index (κ2) is 4.15. The summed E-state index contributed by atoms with van der Waals surface area (Å²) in [5.74, 6) is 3.17. The Labute approximate surface area is 49.2 Å². The molecule has 0 aliphatic heterocycles. The zero-order valence-corrected chi connectivity index (χ0v) is 5.40. The Kier molecular flexibility index (Phi) is 4.28. The molecule has 50 valence electrons. The van der Waals surface area contributed by atoms with Crippen molar-refractivity contribution in [1.82, 2.24) is 0 Å². The molecule has 5 heteroatoms. The molecule has 0 aliphatic carbocycles. The molecule has 0 saturated carbocycles. The van der Waals surface area contributed by atoms with Crippen LogP contribution in [0.25, 0.3) is 0 Å². The minimum Gasteiger partial charge on any atom is -0.387 e. The average Bonchev–Trinajstić information content (AvgIpc) is 1.67. The molecule has 0 aromatic rings. The number of alkyl halides is 1. The predicted octanol–water partition coefficient (Wildman–Crippen LogP) is -0.592. The molecule has 0 heterocycles. The minimum absolute atomic E-state index is 0.176. The molecule has 3 unspecified atom stereocenters. The molecule has 3 nitrogen and oxygen atoms in total. The smallest absolute Gasteiger partial charge is 0.141 e. The highest BCUT2D eigenvalue weighted by atomic mass is 31.0. The third-order valence-electron chi connectivity index (χ3n) is 0.635. The maximum absolute atomic E-state index is 11.9. The van der Waals surface area contributed by atoms with Crippen LogP contribution in [0.4, 0.5) is 4.39 Å². The van der Waals surface area contributed by atoms with Crippen molar-refractivity contribution in [2.75, 3.05) is 6.61 Å². The van der Waals surface area contributed by atoms with E-state index in [2.05, 4.69) is 10.7 Å². The highest BCUT2D eigenvalue weighted by molar-refractivity contribution is 7.17. The van der Waals surface area contributed by atoms with Crippen molar-refractivity contribution >= 4 is 9.24 Å². The SMILES string of the molecule is NOCC(O)C(F)P. The number of aliphatic hydroxyl groups excluding tert-OH is 1. The maximum Gasteiger partial charge on any atom is 0.141 e. The van der Waals surface area contributed by atoms with Gasteiger partial charge in [-0.3, -0.25) is 0 Å². The summed E-state index contributed by atoms with van der Waals surface area (Å²) in [5, 5.41) is 8.53. The fourth-order valence-corrected chi connectivity index (χ4v) is 0.302. The van der Waals surface area contributed by atoms with Crippen LogP contribution in [0.15, 0.2) is 0 Å². The Bertz CT molecular complexity index is 63.2. The van der Waals surface area contributed by atoms with Gasteiger partial charge in [-0.1, -0.05) is 9.24 Å². The number of halogens is 1. The van der Waals surface area contributed by atoms with Crippen LogP contribution < -0.4 is 5.90 Å². The first-order valence-corrected chi connectivity index (χ1v) is 2.74. The van der Waals surface area contributed by atoms with Gasteiger partial charge >= 0.3 is 0 Å². The van der Waals surface area contributed by atoms with Crippen molar-refractivity contribution in [2.24, 2.45) is 5.90 Å². The summed E-state index contributed by atoms with van der Waals surface area (Å²) in [6.07, 6.45) is -1.13. The van der Waals surface area contributed by atoms with E-state index < -0.39 is 12.0 Å². The average molecular weight is 141 g/mol. The number of nitrogens with two attached hydrogens (primary N) is 1. The molecule has 0 bridgehead atoms. The first-order chi connectivity index (χ1) is 3.68. The van der Waals surface area contributed by atoms with E-state index in [-0.39, 0.29) is 6.61 Å². The Morgan fingerprint density at radius 3 is 2.50 bits per heavy atom. The van der Waals surface area contributed by atoms with Gasteiger partial charge < -0.3 is 9.94 Å². The van der Waals surface area contributed by atoms with E-state index in [1.165, 1.54) is 0 Å². The zero-order valence-electron chi connectivity index (χ0n) is 4.25. The van der Waals surface area contributed by atoms with Crippen molar-refractivity contribution < 1.29 is 14.3 Å². The van der Waals surface area contributed by atoms with E-state index in [4.69, 9.17) is 5.11 Å². The molecule has 3 atom stereocenters. The lowest BCUT2D eigenvalue weighted by atomic mass is 10.4. The van der Waals surface area contributed by atoms with Crippen molar-refractivity contribution in [3.05, 3.63) is 0 Å². The van der Waals surface area contributed by atoms with Gasteiger partial charge in [-0.05, 0) is 0 Å². The summed E-state index contributed by atoms with van der Waals surface area (Å²) < 4.78 is 11.9. The molecule has 0 radical (unpaired) electrons. The van der Waals surface area contributed by atoms with E-state index in [9.17, 15) is 4.39 Å². The third-order valence-corrected chi connectivity index (χ3v) is 1.08. The van der Waals surface area contributed by atoms with Gasteiger partial charge in [-0.25, -0.2) is 10.3 Å². The minimum atomic E-state index is -1.36. The molecule has 0 aliphatic rings. The Hall–Kier alpha value is 0.240. The molecular formula is C3H9FNO2P. The third kappa shape index (κ3) is 3.27. The standard InChI is InChI=1S/C3H9FNO2P/c4-3(8)2(6)1-7-5/h2-3,6H,1,5,8H2.